The van der Waals surface area contributed by atoms with E-state index in [9.17, 15) is 4.39 Å². The topological polar surface area (TPSA) is 0 Å². The van der Waals surface area contributed by atoms with Crippen molar-refractivity contribution in [3.05, 3.63) is 76.9 Å². The molecule has 1 fully saturated rings. The summed E-state index contributed by atoms with van der Waals surface area (Å²) in [7, 11) is 0. The number of benzene rings is 2. The van der Waals surface area contributed by atoms with Gasteiger partial charge in [-0.1, -0.05) is 101 Å². The minimum Gasteiger partial charge on any atom is -0.207 e. The highest BCUT2D eigenvalue weighted by Gasteiger charge is 2.21. The zero-order chi connectivity index (χ0) is 23.3. The van der Waals surface area contributed by atoms with Crippen molar-refractivity contribution in [3.63, 3.8) is 0 Å². The number of hydrogen-bond acceptors (Lipinski definition) is 0. The SMILES string of the molecule is CCCCCCCC=C(F)c1ccc(CCc2ccc(C3CCC(CCC)CC3)cc2)cc1. The third-order valence-electron chi connectivity index (χ3n) is 7.56. The Morgan fingerprint density at radius 3 is 1.97 bits per heavy atom. The van der Waals surface area contributed by atoms with Crippen molar-refractivity contribution in [1.29, 1.82) is 0 Å². The first-order chi connectivity index (χ1) is 16.2. The minimum absolute atomic E-state index is 0.0728. The van der Waals surface area contributed by atoms with Gasteiger partial charge in [-0.25, -0.2) is 4.39 Å². The smallest absolute Gasteiger partial charge is 0.126 e. The highest BCUT2D eigenvalue weighted by Crippen LogP contribution is 2.37. The molecule has 0 nitrogen and oxygen atoms in total. The first-order valence-corrected chi connectivity index (χ1v) is 13.7. The maximum Gasteiger partial charge on any atom is 0.126 e. The van der Waals surface area contributed by atoms with Crippen molar-refractivity contribution < 1.29 is 4.39 Å². The van der Waals surface area contributed by atoms with E-state index in [0.29, 0.717) is 5.56 Å². The largest absolute Gasteiger partial charge is 0.207 e. The van der Waals surface area contributed by atoms with E-state index >= 15 is 0 Å². The van der Waals surface area contributed by atoms with Gasteiger partial charge >= 0.3 is 0 Å². The van der Waals surface area contributed by atoms with E-state index in [1.807, 2.05) is 12.1 Å². The number of halogens is 1. The molecule has 0 bridgehead atoms. The molecule has 3 rings (SSSR count). The molecule has 0 unspecified atom stereocenters. The fourth-order valence-corrected chi connectivity index (χ4v) is 5.36. The molecule has 0 spiro atoms. The Morgan fingerprint density at radius 2 is 1.36 bits per heavy atom. The van der Waals surface area contributed by atoms with Crippen molar-refractivity contribution in [2.45, 2.75) is 110 Å². The third kappa shape index (κ3) is 8.76. The van der Waals surface area contributed by atoms with Crippen LogP contribution in [0.4, 0.5) is 4.39 Å². The Kier molecular flexibility index (Phi) is 11.2. The van der Waals surface area contributed by atoms with Crippen LogP contribution in [0.15, 0.2) is 54.6 Å². The molecule has 2 aromatic rings. The molecule has 0 heterocycles. The summed E-state index contributed by atoms with van der Waals surface area (Å²) in [5.41, 5.74) is 4.93. The van der Waals surface area contributed by atoms with E-state index in [2.05, 4.69) is 50.2 Å². The molecular weight excluding hydrogens is 403 g/mol. The van der Waals surface area contributed by atoms with Crippen molar-refractivity contribution >= 4 is 5.83 Å². The monoisotopic (exact) mass is 448 g/mol. The lowest BCUT2D eigenvalue weighted by molar-refractivity contribution is 0.308. The predicted octanol–water partition coefficient (Wildman–Crippen LogP) is 10.2. The van der Waals surface area contributed by atoms with Crippen molar-refractivity contribution in [1.82, 2.24) is 0 Å². The summed E-state index contributed by atoms with van der Waals surface area (Å²) in [4.78, 5) is 0. The lowest BCUT2D eigenvalue weighted by Gasteiger charge is -2.28. The van der Waals surface area contributed by atoms with Gasteiger partial charge in [0.1, 0.15) is 5.83 Å². The summed E-state index contributed by atoms with van der Waals surface area (Å²) in [5.74, 6) is 1.66. The number of rotatable bonds is 13. The Morgan fingerprint density at radius 1 is 0.758 bits per heavy atom. The molecule has 0 amide bonds. The van der Waals surface area contributed by atoms with Gasteiger partial charge in [0.05, 0.1) is 0 Å². The fraction of sp³-hybridized carbons (Fsp3) is 0.562. The number of aryl methyl sites for hydroxylation is 2. The van der Waals surface area contributed by atoms with E-state index < -0.39 is 0 Å². The van der Waals surface area contributed by atoms with Crippen LogP contribution in [0, 0.1) is 5.92 Å². The maximum atomic E-state index is 14.4. The lowest BCUT2D eigenvalue weighted by Crippen LogP contribution is -2.13. The molecule has 2 aromatic carbocycles. The van der Waals surface area contributed by atoms with E-state index in [1.165, 1.54) is 80.9 Å². The zero-order valence-corrected chi connectivity index (χ0v) is 21.1. The van der Waals surface area contributed by atoms with E-state index in [0.717, 1.165) is 37.5 Å². The molecule has 0 N–H and O–H groups in total. The molecule has 1 aliphatic carbocycles. The lowest BCUT2D eigenvalue weighted by atomic mass is 9.77. The van der Waals surface area contributed by atoms with E-state index in [4.69, 9.17) is 0 Å². The molecule has 0 atom stereocenters. The molecule has 0 radical (unpaired) electrons. The summed E-state index contributed by atoms with van der Waals surface area (Å²) < 4.78 is 14.4. The minimum atomic E-state index is -0.0728. The van der Waals surface area contributed by atoms with Crippen LogP contribution in [0.25, 0.3) is 5.83 Å². The van der Waals surface area contributed by atoms with Crippen LogP contribution in [0.1, 0.15) is 119 Å². The highest BCUT2D eigenvalue weighted by atomic mass is 19.1. The van der Waals surface area contributed by atoms with Gasteiger partial charge in [0.15, 0.2) is 0 Å². The van der Waals surface area contributed by atoms with Crippen LogP contribution in [-0.4, -0.2) is 0 Å². The van der Waals surface area contributed by atoms with Gasteiger partial charge in [0.2, 0.25) is 0 Å². The van der Waals surface area contributed by atoms with Crippen molar-refractivity contribution in [2.24, 2.45) is 5.92 Å². The van der Waals surface area contributed by atoms with Gasteiger partial charge in [-0.05, 0) is 86.0 Å². The molecule has 1 aliphatic rings. The van der Waals surface area contributed by atoms with Crippen molar-refractivity contribution in [3.8, 4) is 0 Å². The number of hydrogen-bond donors (Lipinski definition) is 0. The standard InChI is InChI=1S/C32H45F/c1-3-5-6-7-8-9-11-32(33)31-24-18-28(19-25-31)13-12-27-16-22-30(23-17-27)29-20-14-26(10-4-2)15-21-29/h11,16-19,22-26,29H,3-10,12-15,20-21H2,1-2H3. The van der Waals surface area contributed by atoms with Gasteiger partial charge < -0.3 is 0 Å². The van der Waals surface area contributed by atoms with Gasteiger partial charge in [-0.3, -0.25) is 0 Å². The number of allylic oxidation sites excluding steroid dienone is 1. The summed E-state index contributed by atoms with van der Waals surface area (Å²) >= 11 is 0. The van der Waals surface area contributed by atoms with Gasteiger partial charge in [-0.2, -0.15) is 0 Å². The summed E-state index contributed by atoms with van der Waals surface area (Å²) in [6, 6.07) is 17.4. The second-order valence-electron chi connectivity index (χ2n) is 10.2. The molecule has 33 heavy (non-hydrogen) atoms. The third-order valence-corrected chi connectivity index (χ3v) is 7.56. The van der Waals surface area contributed by atoms with Crippen LogP contribution >= 0.6 is 0 Å². The highest BCUT2D eigenvalue weighted by molar-refractivity contribution is 5.59. The molecule has 1 heteroatoms. The second-order valence-corrected chi connectivity index (χ2v) is 10.2. The van der Waals surface area contributed by atoms with Crippen LogP contribution in [0.2, 0.25) is 0 Å². The average molecular weight is 449 g/mol. The molecule has 180 valence electrons. The molecular formula is C32H45F. The predicted molar refractivity (Wildman–Crippen MR) is 142 cm³/mol. The Hall–Kier alpha value is -1.89. The normalized spacial score (nSPS) is 19.1. The Labute approximate surface area is 202 Å². The molecule has 0 saturated heterocycles. The van der Waals surface area contributed by atoms with Crippen LogP contribution in [-0.2, 0) is 12.8 Å². The maximum absolute atomic E-state index is 14.4. The quantitative estimate of drug-likeness (QED) is 0.267. The Bertz CT molecular complexity index is 807. The fourth-order valence-electron chi connectivity index (χ4n) is 5.36. The zero-order valence-electron chi connectivity index (χ0n) is 21.1. The number of unbranched alkanes of at least 4 members (excludes halogenated alkanes) is 5. The van der Waals surface area contributed by atoms with Gasteiger partial charge in [-0.15, -0.1) is 0 Å². The summed E-state index contributed by atoms with van der Waals surface area (Å²) in [6.07, 6.45) is 19.0. The second kappa shape index (κ2) is 14.4. The van der Waals surface area contributed by atoms with E-state index in [-0.39, 0.29) is 5.83 Å². The summed E-state index contributed by atoms with van der Waals surface area (Å²) in [6.45, 7) is 4.53. The van der Waals surface area contributed by atoms with Gasteiger partial charge in [0, 0.05) is 5.56 Å². The van der Waals surface area contributed by atoms with Crippen LogP contribution in [0.5, 0.6) is 0 Å². The molecule has 1 saturated carbocycles. The average Bonchev–Trinajstić information content (AvgIpc) is 2.86. The first kappa shape index (κ1) is 25.7. The Balaban J connectivity index is 1.42. The van der Waals surface area contributed by atoms with Crippen molar-refractivity contribution in [2.75, 3.05) is 0 Å². The molecule has 0 aromatic heterocycles. The molecule has 0 aliphatic heterocycles. The van der Waals surface area contributed by atoms with E-state index in [1.54, 1.807) is 6.08 Å². The summed E-state index contributed by atoms with van der Waals surface area (Å²) in [5, 5.41) is 0. The van der Waals surface area contributed by atoms with Gasteiger partial charge in [0.25, 0.3) is 0 Å². The van der Waals surface area contributed by atoms with Crippen LogP contribution < -0.4 is 0 Å². The first-order valence-electron chi connectivity index (χ1n) is 13.7. The van der Waals surface area contributed by atoms with Crippen LogP contribution in [0.3, 0.4) is 0 Å².